The number of aromatic nitrogens is 2. The molecule has 7 heteroatoms. The molecule has 0 unspecified atom stereocenters. The molecule has 100 valence electrons. The number of nitrogens with zero attached hydrogens (tertiary/aromatic N) is 4. The predicted octanol–water partition coefficient (Wildman–Crippen LogP) is 2.05. The van der Waals surface area contributed by atoms with Crippen LogP contribution in [0.3, 0.4) is 0 Å². The number of halogens is 1. The second-order valence-corrected chi connectivity index (χ2v) is 4.68. The van der Waals surface area contributed by atoms with Gasteiger partial charge in [-0.05, 0) is 28.1 Å². The van der Waals surface area contributed by atoms with Crippen molar-refractivity contribution in [2.45, 2.75) is 6.54 Å². The monoisotopic (exact) mass is 331 g/mol. The van der Waals surface area contributed by atoms with Gasteiger partial charge in [0, 0.05) is 0 Å². The second kappa shape index (κ2) is 6.09. The average molecular weight is 332 g/mol. The summed E-state index contributed by atoms with van der Waals surface area (Å²) in [6.07, 6.45) is 0. The van der Waals surface area contributed by atoms with E-state index >= 15 is 0 Å². The van der Waals surface area contributed by atoms with Crippen molar-refractivity contribution in [3.8, 4) is 17.9 Å². The molecule has 0 aliphatic carbocycles. The summed E-state index contributed by atoms with van der Waals surface area (Å²) >= 11 is 3.38. The largest absolute Gasteiger partial charge is 0.491 e. The minimum absolute atomic E-state index is 0.0332. The first-order chi connectivity index (χ1) is 9.67. The van der Waals surface area contributed by atoms with Crippen molar-refractivity contribution >= 4 is 21.9 Å². The molecule has 0 spiro atoms. The Morgan fingerprint density at radius 2 is 2.05 bits per heavy atom. The molecule has 0 bridgehead atoms. The lowest BCUT2D eigenvalue weighted by Gasteiger charge is -2.09. The number of nitrogens with two attached hydrogens (primary N) is 1. The lowest BCUT2D eigenvalue weighted by Crippen LogP contribution is -2.12. The fraction of sp³-hybridized carbons (Fsp3) is 0.154. The van der Waals surface area contributed by atoms with Crippen molar-refractivity contribution in [3.05, 3.63) is 40.1 Å². The zero-order valence-electron chi connectivity index (χ0n) is 10.4. The topological polar surface area (TPSA) is 101 Å². The van der Waals surface area contributed by atoms with Crippen LogP contribution in [0.4, 0.5) is 5.95 Å². The first-order valence-electron chi connectivity index (χ1n) is 5.71. The highest BCUT2D eigenvalue weighted by atomic mass is 79.9. The van der Waals surface area contributed by atoms with E-state index in [-0.39, 0.29) is 17.3 Å². The standard InChI is InChI=1S/C13H10BrN5O/c14-9-3-1-2-4-12(9)20-6-5-19-11(8-16)10(7-15)18-13(19)17/h1-4H,5-6H2,(H2,17,18). The predicted molar refractivity (Wildman–Crippen MR) is 75.7 cm³/mol. The van der Waals surface area contributed by atoms with Crippen LogP contribution in [0.25, 0.3) is 0 Å². The number of para-hydroxylation sites is 1. The summed E-state index contributed by atoms with van der Waals surface area (Å²) in [7, 11) is 0. The van der Waals surface area contributed by atoms with E-state index in [0.29, 0.717) is 18.9 Å². The maximum absolute atomic E-state index is 9.04. The van der Waals surface area contributed by atoms with E-state index in [1.807, 2.05) is 36.4 Å². The number of rotatable bonds is 4. The maximum atomic E-state index is 9.04. The second-order valence-electron chi connectivity index (χ2n) is 3.82. The highest BCUT2D eigenvalue weighted by Gasteiger charge is 2.14. The van der Waals surface area contributed by atoms with Crippen molar-refractivity contribution in [1.29, 1.82) is 10.5 Å². The molecule has 1 aromatic heterocycles. The minimum atomic E-state index is 0.0332. The Bertz CT molecular complexity index is 711. The molecule has 0 amide bonds. The number of nitrogen functional groups attached to an aromatic ring is 1. The molecule has 1 heterocycles. The van der Waals surface area contributed by atoms with E-state index in [4.69, 9.17) is 21.0 Å². The molecule has 2 aromatic rings. The van der Waals surface area contributed by atoms with Crippen LogP contribution in [0.15, 0.2) is 28.7 Å². The van der Waals surface area contributed by atoms with Gasteiger partial charge in [-0.2, -0.15) is 10.5 Å². The molecule has 0 aliphatic heterocycles. The number of anilines is 1. The summed E-state index contributed by atoms with van der Waals surface area (Å²) in [6.45, 7) is 0.646. The molecule has 2 rings (SSSR count). The Balaban J connectivity index is 2.09. The quantitative estimate of drug-likeness (QED) is 0.923. The smallest absolute Gasteiger partial charge is 0.202 e. The first-order valence-corrected chi connectivity index (χ1v) is 6.50. The Labute approximate surface area is 124 Å². The minimum Gasteiger partial charge on any atom is -0.491 e. The number of hydrogen-bond acceptors (Lipinski definition) is 5. The molecule has 0 atom stereocenters. The lowest BCUT2D eigenvalue weighted by atomic mass is 10.3. The fourth-order valence-corrected chi connectivity index (χ4v) is 2.10. The number of imidazole rings is 1. The molecule has 2 N–H and O–H groups in total. The number of ether oxygens (including phenoxy) is 1. The molecule has 1 aromatic carbocycles. The van der Waals surface area contributed by atoms with E-state index < -0.39 is 0 Å². The Kier molecular flexibility index (Phi) is 4.24. The van der Waals surface area contributed by atoms with Gasteiger partial charge in [0.15, 0.2) is 11.4 Å². The third-order valence-electron chi connectivity index (χ3n) is 2.62. The van der Waals surface area contributed by atoms with Crippen molar-refractivity contribution in [2.75, 3.05) is 12.3 Å². The van der Waals surface area contributed by atoms with Crippen LogP contribution in [-0.2, 0) is 6.54 Å². The van der Waals surface area contributed by atoms with Gasteiger partial charge >= 0.3 is 0 Å². The molecule has 0 saturated heterocycles. The lowest BCUT2D eigenvalue weighted by molar-refractivity contribution is 0.297. The number of nitriles is 2. The van der Waals surface area contributed by atoms with Gasteiger partial charge in [0.25, 0.3) is 0 Å². The highest BCUT2D eigenvalue weighted by molar-refractivity contribution is 9.10. The maximum Gasteiger partial charge on any atom is 0.202 e. The Morgan fingerprint density at radius 3 is 2.70 bits per heavy atom. The molecule has 0 saturated carbocycles. The zero-order chi connectivity index (χ0) is 14.5. The van der Waals surface area contributed by atoms with Gasteiger partial charge in [0.2, 0.25) is 5.95 Å². The number of hydrogen-bond donors (Lipinski definition) is 1. The Morgan fingerprint density at radius 1 is 1.30 bits per heavy atom. The van der Waals surface area contributed by atoms with Crippen molar-refractivity contribution in [1.82, 2.24) is 9.55 Å². The first kappa shape index (κ1) is 13.9. The van der Waals surface area contributed by atoms with Crippen LogP contribution in [0.2, 0.25) is 0 Å². The van der Waals surface area contributed by atoms with Gasteiger partial charge in [0.05, 0.1) is 11.0 Å². The van der Waals surface area contributed by atoms with Gasteiger partial charge in [-0.3, -0.25) is 4.57 Å². The van der Waals surface area contributed by atoms with Gasteiger partial charge in [-0.25, -0.2) is 4.98 Å². The summed E-state index contributed by atoms with van der Waals surface area (Å²) in [6, 6.07) is 11.2. The van der Waals surface area contributed by atoms with Crippen molar-refractivity contribution in [3.63, 3.8) is 0 Å². The molecule has 6 nitrogen and oxygen atoms in total. The summed E-state index contributed by atoms with van der Waals surface area (Å²) in [5.41, 5.74) is 5.87. The number of benzene rings is 1. The van der Waals surface area contributed by atoms with Crippen LogP contribution in [0.5, 0.6) is 5.75 Å². The third kappa shape index (κ3) is 2.73. The summed E-state index contributed by atoms with van der Waals surface area (Å²) in [5, 5.41) is 17.9. The van der Waals surface area contributed by atoms with E-state index in [1.165, 1.54) is 4.57 Å². The Hall–Kier alpha value is -2.51. The third-order valence-corrected chi connectivity index (χ3v) is 3.27. The highest BCUT2D eigenvalue weighted by Crippen LogP contribution is 2.23. The van der Waals surface area contributed by atoms with Crippen molar-refractivity contribution in [2.24, 2.45) is 0 Å². The van der Waals surface area contributed by atoms with E-state index in [2.05, 4.69) is 20.9 Å². The summed E-state index contributed by atoms with van der Waals surface area (Å²) < 4.78 is 7.91. The van der Waals surface area contributed by atoms with Gasteiger partial charge in [-0.15, -0.1) is 0 Å². The SMILES string of the molecule is N#Cc1nc(N)n(CCOc2ccccc2Br)c1C#N. The van der Waals surface area contributed by atoms with Crippen molar-refractivity contribution < 1.29 is 4.74 Å². The van der Waals surface area contributed by atoms with Gasteiger partial charge in [0.1, 0.15) is 24.5 Å². The summed E-state index contributed by atoms with van der Waals surface area (Å²) in [4.78, 5) is 3.84. The fourth-order valence-electron chi connectivity index (χ4n) is 1.70. The van der Waals surface area contributed by atoms with Crippen LogP contribution in [0.1, 0.15) is 11.4 Å². The van der Waals surface area contributed by atoms with E-state index in [1.54, 1.807) is 0 Å². The van der Waals surface area contributed by atoms with Crippen LogP contribution >= 0.6 is 15.9 Å². The zero-order valence-corrected chi connectivity index (χ0v) is 12.0. The average Bonchev–Trinajstić information content (AvgIpc) is 2.76. The molecule has 0 fully saturated rings. The van der Waals surface area contributed by atoms with Gasteiger partial charge < -0.3 is 10.5 Å². The molecular formula is C13H10BrN5O. The van der Waals surface area contributed by atoms with E-state index in [9.17, 15) is 0 Å². The molecule has 0 aliphatic rings. The summed E-state index contributed by atoms with van der Waals surface area (Å²) in [5.74, 6) is 0.832. The molecule has 0 radical (unpaired) electrons. The van der Waals surface area contributed by atoms with Gasteiger partial charge in [-0.1, -0.05) is 12.1 Å². The molecular weight excluding hydrogens is 322 g/mol. The molecule has 20 heavy (non-hydrogen) atoms. The normalized spacial score (nSPS) is 9.75. The van der Waals surface area contributed by atoms with Crippen LogP contribution < -0.4 is 10.5 Å². The van der Waals surface area contributed by atoms with Crippen LogP contribution in [0, 0.1) is 22.7 Å². The van der Waals surface area contributed by atoms with E-state index in [0.717, 1.165) is 4.47 Å². The van der Waals surface area contributed by atoms with Crippen LogP contribution in [-0.4, -0.2) is 16.2 Å².